The molecule has 2 nitrogen and oxygen atoms in total. The van der Waals surface area contributed by atoms with E-state index >= 15 is 0 Å². The van der Waals surface area contributed by atoms with Crippen molar-refractivity contribution in [2.24, 2.45) is 0 Å². The maximum Gasteiger partial charge on any atom is 0.146 e. The molecule has 3 heteroatoms. The van der Waals surface area contributed by atoms with Crippen molar-refractivity contribution in [3.05, 3.63) is 54.3 Å². The van der Waals surface area contributed by atoms with Crippen LogP contribution in [0.25, 0.3) is 0 Å². The Morgan fingerprint density at radius 1 is 0.944 bits per heavy atom. The van der Waals surface area contributed by atoms with Crippen molar-refractivity contribution in [3.63, 3.8) is 0 Å². The first-order valence-corrected chi connectivity index (χ1v) is 6.21. The van der Waals surface area contributed by atoms with E-state index in [0.717, 1.165) is 30.9 Å². The van der Waals surface area contributed by atoms with E-state index in [2.05, 4.69) is 5.32 Å². The molecule has 0 saturated heterocycles. The lowest BCUT2D eigenvalue weighted by Crippen LogP contribution is -2.18. The van der Waals surface area contributed by atoms with Gasteiger partial charge in [0, 0.05) is 13.1 Å². The summed E-state index contributed by atoms with van der Waals surface area (Å²) in [6, 6.07) is 15.0. The average Bonchev–Trinajstić information content (AvgIpc) is 2.62. The number of anilines is 3. The number of benzene rings is 2. The molecule has 3 rings (SSSR count). The summed E-state index contributed by atoms with van der Waals surface area (Å²) in [5.41, 5.74) is 2.76. The number of fused-ring (bicyclic) bond motifs is 1. The van der Waals surface area contributed by atoms with Crippen molar-refractivity contribution in [1.29, 1.82) is 0 Å². The molecule has 0 spiro atoms. The SMILES string of the molecule is Fc1ccccc1N1CCCNc2ccccc21. The summed E-state index contributed by atoms with van der Waals surface area (Å²) in [6.07, 6.45) is 0.989. The monoisotopic (exact) mass is 242 g/mol. The first-order valence-electron chi connectivity index (χ1n) is 6.21. The highest BCUT2D eigenvalue weighted by molar-refractivity contribution is 5.77. The minimum Gasteiger partial charge on any atom is -0.383 e. The Morgan fingerprint density at radius 2 is 1.67 bits per heavy atom. The molecule has 0 radical (unpaired) electrons. The molecule has 1 aliphatic heterocycles. The Balaban J connectivity index is 2.10. The Kier molecular flexibility index (Phi) is 2.89. The van der Waals surface area contributed by atoms with Gasteiger partial charge in [-0.25, -0.2) is 4.39 Å². The van der Waals surface area contributed by atoms with Crippen LogP contribution in [0.1, 0.15) is 6.42 Å². The van der Waals surface area contributed by atoms with E-state index in [-0.39, 0.29) is 5.82 Å². The van der Waals surface area contributed by atoms with E-state index in [4.69, 9.17) is 0 Å². The molecular formula is C15H15FN2. The number of para-hydroxylation sites is 3. The van der Waals surface area contributed by atoms with Gasteiger partial charge in [0.25, 0.3) is 0 Å². The maximum atomic E-state index is 13.9. The van der Waals surface area contributed by atoms with Gasteiger partial charge in [0.1, 0.15) is 5.82 Å². The van der Waals surface area contributed by atoms with E-state index in [1.54, 1.807) is 6.07 Å². The van der Waals surface area contributed by atoms with E-state index in [0.29, 0.717) is 5.69 Å². The van der Waals surface area contributed by atoms with Crippen molar-refractivity contribution in [1.82, 2.24) is 0 Å². The van der Waals surface area contributed by atoms with Gasteiger partial charge >= 0.3 is 0 Å². The summed E-state index contributed by atoms with van der Waals surface area (Å²) < 4.78 is 13.9. The summed E-state index contributed by atoms with van der Waals surface area (Å²) >= 11 is 0. The van der Waals surface area contributed by atoms with Crippen molar-refractivity contribution >= 4 is 17.1 Å². The standard InChI is InChI=1S/C15H15FN2/c16-12-6-1-3-8-14(12)18-11-5-10-17-13-7-2-4-9-15(13)18/h1-4,6-9,17H,5,10-11H2. The van der Waals surface area contributed by atoms with Crippen molar-refractivity contribution in [2.75, 3.05) is 23.3 Å². The Bertz CT molecular complexity index is 554. The molecule has 0 atom stereocenters. The quantitative estimate of drug-likeness (QED) is 0.818. The van der Waals surface area contributed by atoms with Crippen LogP contribution in [0.4, 0.5) is 21.5 Å². The highest BCUT2D eigenvalue weighted by Gasteiger charge is 2.18. The van der Waals surface area contributed by atoms with Crippen LogP contribution in [0.3, 0.4) is 0 Å². The Labute approximate surface area is 106 Å². The second kappa shape index (κ2) is 4.69. The number of halogens is 1. The van der Waals surface area contributed by atoms with Gasteiger partial charge in [-0.3, -0.25) is 0 Å². The van der Waals surface area contributed by atoms with Gasteiger partial charge in [-0.1, -0.05) is 24.3 Å². The van der Waals surface area contributed by atoms with Gasteiger partial charge in [0.15, 0.2) is 0 Å². The summed E-state index contributed by atoms with van der Waals surface area (Å²) in [4.78, 5) is 2.05. The minimum atomic E-state index is -0.172. The third-order valence-corrected chi connectivity index (χ3v) is 3.21. The van der Waals surface area contributed by atoms with Crippen LogP contribution in [-0.2, 0) is 0 Å². The molecule has 0 aromatic heterocycles. The number of hydrogen-bond donors (Lipinski definition) is 1. The molecule has 92 valence electrons. The number of hydrogen-bond acceptors (Lipinski definition) is 2. The van der Waals surface area contributed by atoms with Crippen LogP contribution in [-0.4, -0.2) is 13.1 Å². The third-order valence-electron chi connectivity index (χ3n) is 3.21. The van der Waals surface area contributed by atoms with Crippen LogP contribution < -0.4 is 10.2 Å². The fraction of sp³-hybridized carbons (Fsp3) is 0.200. The molecule has 0 bridgehead atoms. The molecule has 1 aliphatic rings. The highest BCUT2D eigenvalue weighted by atomic mass is 19.1. The molecular weight excluding hydrogens is 227 g/mol. The molecule has 0 saturated carbocycles. The number of rotatable bonds is 1. The fourth-order valence-corrected chi connectivity index (χ4v) is 2.36. The molecule has 18 heavy (non-hydrogen) atoms. The Morgan fingerprint density at radius 3 is 2.50 bits per heavy atom. The normalized spacial score (nSPS) is 14.6. The lowest BCUT2D eigenvalue weighted by molar-refractivity contribution is 0.624. The zero-order valence-electron chi connectivity index (χ0n) is 10.1. The molecule has 1 heterocycles. The largest absolute Gasteiger partial charge is 0.383 e. The van der Waals surface area contributed by atoms with Gasteiger partial charge < -0.3 is 10.2 Å². The van der Waals surface area contributed by atoms with Crippen LogP contribution in [0.2, 0.25) is 0 Å². The van der Waals surface area contributed by atoms with Gasteiger partial charge in [0.05, 0.1) is 17.1 Å². The predicted octanol–water partition coefficient (Wildman–Crippen LogP) is 3.78. The van der Waals surface area contributed by atoms with Crippen LogP contribution in [0.5, 0.6) is 0 Å². The average molecular weight is 242 g/mol. The molecule has 0 aliphatic carbocycles. The van der Waals surface area contributed by atoms with Gasteiger partial charge in [-0.2, -0.15) is 0 Å². The number of nitrogens with zero attached hydrogens (tertiary/aromatic N) is 1. The lowest BCUT2D eigenvalue weighted by Gasteiger charge is -2.24. The zero-order chi connectivity index (χ0) is 12.4. The molecule has 0 unspecified atom stereocenters. The smallest absolute Gasteiger partial charge is 0.146 e. The summed E-state index contributed by atoms with van der Waals surface area (Å²) in [5.74, 6) is -0.172. The van der Waals surface area contributed by atoms with Crippen molar-refractivity contribution < 1.29 is 4.39 Å². The first-order chi connectivity index (χ1) is 8.86. The van der Waals surface area contributed by atoms with E-state index in [1.807, 2.05) is 41.3 Å². The van der Waals surface area contributed by atoms with Crippen LogP contribution >= 0.6 is 0 Å². The Hall–Kier alpha value is -2.03. The van der Waals surface area contributed by atoms with Crippen LogP contribution in [0, 0.1) is 5.82 Å². The zero-order valence-corrected chi connectivity index (χ0v) is 10.1. The van der Waals surface area contributed by atoms with Gasteiger partial charge in [0.2, 0.25) is 0 Å². The molecule has 1 N–H and O–H groups in total. The van der Waals surface area contributed by atoms with E-state index in [9.17, 15) is 4.39 Å². The van der Waals surface area contributed by atoms with E-state index in [1.165, 1.54) is 6.07 Å². The summed E-state index contributed by atoms with van der Waals surface area (Å²) in [6.45, 7) is 1.74. The topological polar surface area (TPSA) is 15.3 Å². The second-order valence-electron chi connectivity index (χ2n) is 4.40. The minimum absolute atomic E-state index is 0.172. The van der Waals surface area contributed by atoms with E-state index < -0.39 is 0 Å². The lowest BCUT2D eigenvalue weighted by atomic mass is 10.2. The fourth-order valence-electron chi connectivity index (χ4n) is 2.36. The van der Waals surface area contributed by atoms with Gasteiger partial charge in [-0.05, 0) is 30.7 Å². The highest BCUT2D eigenvalue weighted by Crippen LogP contribution is 2.34. The van der Waals surface area contributed by atoms with Crippen LogP contribution in [0.15, 0.2) is 48.5 Å². The second-order valence-corrected chi connectivity index (χ2v) is 4.40. The number of nitrogens with one attached hydrogen (secondary N) is 1. The molecule has 2 aromatic carbocycles. The van der Waals surface area contributed by atoms with Gasteiger partial charge in [-0.15, -0.1) is 0 Å². The third kappa shape index (κ3) is 1.92. The summed E-state index contributed by atoms with van der Waals surface area (Å²) in [5, 5.41) is 3.38. The molecule has 2 aromatic rings. The van der Waals surface area contributed by atoms with Crippen molar-refractivity contribution in [3.8, 4) is 0 Å². The predicted molar refractivity (Wildman–Crippen MR) is 73.0 cm³/mol. The van der Waals surface area contributed by atoms with Crippen molar-refractivity contribution in [2.45, 2.75) is 6.42 Å². The maximum absolute atomic E-state index is 13.9. The first kappa shape index (κ1) is 11.1. The summed E-state index contributed by atoms with van der Waals surface area (Å²) in [7, 11) is 0. The molecule has 0 fully saturated rings. The molecule has 0 amide bonds.